The number of aromatic amines is 1. The van der Waals surface area contributed by atoms with Gasteiger partial charge in [-0.15, -0.1) is 0 Å². The largest absolute Gasteiger partial charge is 0.407 e. The number of benzene rings is 1. The van der Waals surface area contributed by atoms with Crippen molar-refractivity contribution in [2.45, 2.75) is 43.6 Å². The number of H-pyrrole nitrogens is 1. The fourth-order valence-electron chi connectivity index (χ4n) is 3.89. The smallest absolute Gasteiger partial charge is 0.383 e. The number of aromatic nitrogens is 1. The molecule has 3 atom stereocenters. The zero-order valence-electron chi connectivity index (χ0n) is 18.2. The molecular weight excluding hydrogens is 449 g/mol. The second-order valence-electron chi connectivity index (χ2n) is 8.45. The van der Waals surface area contributed by atoms with E-state index in [1.165, 1.54) is 30.5 Å². The number of nitrogens with two attached hydrogens (primary N) is 1. The Morgan fingerprint density at radius 2 is 1.97 bits per heavy atom. The van der Waals surface area contributed by atoms with Gasteiger partial charge in [0.25, 0.3) is 5.56 Å². The van der Waals surface area contributed by atoms with Gasteiger partial charge in [-0.25, -0.2) is 4.99 Å². The van der Waals surface area contributed by atoms with Crippen molar-refractivity contribution in [3.63, 3.8) is 0 Å². The number of halogens is 3. The molecule has 1 saturated heterocycles. The first-order valence-corrected chi connectivity index (χ1v) is 11.0. The molecule has 34 heavy (non-hydrogen) atoms. The van der Waals surface area contributed by atoms with Gasteiger partial charge in [-0.05, 0) is 43.0 Å². The van der Waals surface area contributed by atoms with E-state index in [-0.39, 0.29) is 35.0 Å². The molecule has 2 aliphatic rings. The Balaban J connectivity index is 1.57. The maximum atomic E-state index is 13.5. The lowest BCUT2D eigenvalue weighted by Gasteiger charge is -2.29. The van der Waals surface area contributed by atoms with Gasteiger partial charge in [0.15, 0.2) is 0 Å². The molecule has 2 unspecified atom stereocenters. The highest BCUT2D eigenvalue weighted by Crippen LogP contribution is 2.36. The van der Waals surface area contributed by atoms with Gasteiger partial charge in [-0.2, -0.15) is 18.4 Å². The van der Waals surface area contributed by atoms with E-state index in [1.807, 2.05) is 0 Å². The molecule has 2 aromatic rings. The fourth-order valence-corrected chi connectivity index (χ4v) is 3.89. The lowest BCUT2D eigenvalue weighted by Crippen LogP contribution is -2.39. The molecule has 180 valence electrons. The summed E-state index contributed by atoms with van der Waals surface area (Å²) in [5.74, 6) is -0.400. The van der Waals surface area contributed by atoms with Crippen LogP contribution in [0.2, 0.25) is 0 Å². The van der Waals surface area contributed by atoms with E-state index in [1.54, 1.807) is 6.07 Å². The lowest BCUT2D eigenvalue weighted by molar-refractivity contribution is -0.158. The van der Waals surface area contributed by atoms with Crippen molar-refractivity contribution in [2.75, 3.05) is 18.5 Å². The van der Waals surface area contributed by atoms with Crippen LogP contribution in [0.15, 0.2) is 46.3 Å². The third-order valence-electron chi connectivity index (χ3n) is 5.86. The van der Waals surface area contributed by atoms with Crippen LogP contribution in [-0.4, -0.2) is 42.3 Å². The molecule has 2 heterocycles. The molecule has 1 aromatic carbocycles. The quantitative estimate of drug-likeness (QED) is 0.361. The number of nitrogens with zero attached hydrogens (tertiary/aromatic N) is 2. The van der Waals surface area contributed by atoms with Crippen LogP contribution < -0.4 is 21.9 Å². The number of ether oxygens (including phenoxy) is 1. The van der Waals surface area contributed by atoms with Crippen LogP contribution in [0.25, 0.3) is 0 Å². The van der Waals surface area contributed by atoms with E-state index in [9.17, 15) is 23.2 Å². The zero-order valence-corrected chi connectivity index (χ0v) is 18.2. The van der Waals surface area contributed by atoms with E-state index in [0.29, 0.717) is 31.0 Å². The molecule has 11 heteroatoms. The summed E-state index contributed by atoms with van der Waals surface area (Å²) in [5, 5.41) is 15.2. The Morgan fingerprint density at radius 1 is 1.24 bits per heavy atom. The molecule has 4 rings (SSSR count). The summed E-state index contributed by atoms with van der Waals surface area (Å²) in [6, 6.07) is 7.22. The number of rotatable bonds is 7. The zero-order chi connectivity index (χ0) is 24.3. The Bertz CT molecular complexity index is 1140. The third kappa shape index (κ3) is 5.58. The van der Waals surface area contributed by atoms with Gasteiger partial charge in [-0.3, -0.25) is 10.1 Å². The second-order valence-corrected chi connectivity index (χ2v) is 8.45. The van der Waals surface area contributed by atoms with Crippen molar-refractivity contribution in [3.8, 4) is 6.07 Å². The number of amidine groups is 1. The molecule has 0 bridgehead atoms. The van der Waals surface area contributed by atoms with Crippen molar-refractivity contribution in [1.82, 2.24) is 10.3 Å². The predicted octanol–water partition coefficient (Wildman–Crippen LogP) is 3.11. The average molecular weight is 474 g/mol. The predicted molar refractivity (Wildman–Crippen MR) is 121 cm³/mol. The molecule has 8 nitrogen and oxygen atoms in total. The molecule has 0 amide bonds. The summed E-state index contributed by atoms with van der Waals surface area (Å²) in [6.45, 7) is 0.793. The van der Waals surface area contributed by atoms with Crippen LogP contribution in [0.3, 0.4) is 0 Å². The van der Waals surface area contributed by atoms with E-state index in [4.69, 9.17) is 10.5 Å². The SMILES string of the molecule is N#CC1CCOC[C@@H]1Nc1cc[nH]c(=O)c1C(N)=Nc1ccc(C(NC2CC2)C(F)(F)F)cc1. The standard InChI is InChI=1S/C23H25F3N6O2/c24-23(25,26)20(30-15-5-6-15)13-1-3-16(4-2-13)31-21(28)19-17(7-9-29-22(19)33)32-18-12-34-10-8-14(18)11-27/h1-4,7,9,14-15,18,20,30H,5-6,8,10,12H2,(H2,28,31)(H2,29,32,33)/t14?,18-,20?/m0/s1. The number of nitrogens with one attached hydrogen (secondary N) is 3. The highest BCUT2D eigenvalue weighted by Gasteiger charge is 2.43. The minimum atomic E-state index is -4.42. The van der Waals surface area contributed by atoms with Gasteiger partial charge in [-0.1, -0.05) is 12.1 Å². The Labute approximate surface area is 194 Å². The Morgan fingerprint density at radius 3 is 2.62 bits per heavy atom. The highest BCUT2D eigenvalue weighted by atomic mass is 19.4. The van der Waals surface area contributed by atoms with Crippen molar-refractivity contribution < 1.29 is 17.9 Å². The van der Waals surface area contributed by atoms with E-state index in [2.05, 4.69) is 26.7 Å². The molecule has 0 spiro atoms. The minimum absolute atomic E-state index is 0.0803. The third-order valence-corrected chi connectivity index (χ3v) is 5.86. The number of hydrogen-bond donors (Lipinski definition) is 4. The molecule has 1 aliphatic heterocycles. The van der Waals surface area contributed by atoms with Crippen LogP contribution in [-0.2, 0) is 4.74 Å². The van der Waals surface area contributed by atoms with E-state index >= 15 is 0 Å². The first-order chi connectivity index (χ1) is 16.3. The van der Waals surface area contributed by atoms with E-state index in [0.717, 1.165) is 12.8 Å². The van der Waals surface area contributed by atoms with Gasteiger partial charge in [0, 0.05) is 18.8 Å². The van der Waals surface area contributed by atoms with Crippen LogP contribution >= 0.6 is 0 Å². The van der Waals surface area contributed by atoms with Crippen molar-refractivity contribution in [3.05, 3.63) is 58.0 Å². The van der Waals surface area contributed by atoms with Gasteiger partial charge < -0.3 is 20.8 Å². The van der Waals surface area contributed by atoms with Crippen LogP contribution in [0, 0.1) is 17.2 Å². The summed E-state index contributed by atoms with van der Waals surface area (Å²) in [4.78, 5) is 19.3. The summed E-state index contributed by atoms with van der Waals surface area (Å²) in [6.07, 6.45) is -0.942. The number of hydrogen-bond acceptors (Lipinski definition) is 6. The van der Waals surface area contributed by atoms with Crippen LogP contribution in [0.1, 0.15) is 36.4 Å². The summed E-state index contributed by atoms with van der Waals surface area (Å²) >= 11 is 0. The number of alkyl halides is 3. The first-order valence-electron chi connectivity index (χ1n) is 11.0. The minimum Gasteiger partial charge on any atom is -0.383 e. The van der Waals surface area contributed by atoms with Crippen molar-refractivity contribution in [1.29, 1.82) is 5.26 Å². The Hall–Kier alpha value is -3.36. The topological polar surface area (TPSA) is 128 Å². The Kier molecular flexibility index (Phi) is 6.90. The summed E-state index contributed by atoms with van der Waals surface area (Å²) in [5.41, 5.74) is 6.51. The average Bonchev–Trinajstić information content (AvgIpc) is 3.62. The van der Waals surface area contributed by atoms with Gasteiger partial charge in [0.1, 0.15) is 17.4 Å². The molecule has 1 saturated carbocycles. The van der Waals surface area contributed by atoms with Gasteiger partial charge in [0.2, 0.25) is 0 Å². The molecule has 2 fully saturated rings. The first kappa shape index (κ1) is 23.8. The van der Waals surface area contributed by atoms with Gasteiger partial charge in [0.05, 0.1) is 36.0 Å². The van der Waals surface area contributed by atoms with Crippen molar-refractivity contribution in [2.24, 2.45) is 16.6 Å². The van der Waals surface area contributed by atoms with Crippen LogP contribution in [0.4, 0.5) is 24.5 Å². The van der Waals surface area contributed by atoms with Crippen LogP contribution in [0.5, 0.6) is 0 Å². The fraction of sp³-hybridized carbons (Fsp3) is 0.435. The molecule has 1 aromatic heterocycles. The lowest BCUT2D eigenvalue weighted by atomic mass is 9.96. The molecular formula is C23H25F3N6O2. The monoisotopic (exact) mass is 474 g/mol. The molecule has 5 N–H and O–H groups in total. The normalized spacial score (nSPS) is 22.1. The summed E-state index contributed by atoms with van der Waals surface area (Å²) < 4.78 is 45.9. The maximum Gasteiger partial charge on any atom is 0.407 e. The maximum absolute atomic E-state index is 13.5. The van der Waals surface area contributed by atoms with E-state index < -0.39 is 17.8 Å². The molecule has 0 radical (unpaired) electrons. The van der Waals surface area contributed by atoms with Gasteiger partial charge >= 0.3 is 6.18 Å². The number of anilines is 1. The molecule has 1 aliphatic carbocycles. The number of pyridine rings is 1. The summed E-state index contributed by atoms with van der Waals surface area (Å²) in [7, 11) is 0. The highest BCUT2D eigenvalue weighted by molar-refractivity contribution is 6.03. The number of aliphatic imine (C=N–C) groups is 1. The van der Waals surface area contributed by atoms with Crippen molar-refractivity contribution >= 4 is 17.2 Å². The number of nitriles is 1. The second kappa shape index (κ2) is 9.87.